The Morgan fingerprint density at radius 2 is 1.90 bits per heavy atom. The van der Waals surface area contributed by atoms with Crippen LogP contribution in [-0.2, 0) is 19.5 Å². The van der Waals surface area contributed by atoms with Gasteiger partial charge in [-0.15, -0.1) is 0 Å². The molecular formula is C45H50ClN7O8S. The number of aromatic amines is 1. The standard InChI is InChI=1S/C45H50ClN7O8S/c1-45(59-2)15-11-38(30-3-5-33(46)6-4-30)32(25-45)21-35-27-47-17-18-52(35)34-7-9-39(42(23-34)61-36-22-31-12-16-48-43(31)50-28-36)44(54)51-62(57,58)37-8-10-40(41(24-37)53(55)56)49-26-29-13-19-60-20-14-29/h3-10,12,16,22-24,28-29,35,47,49H,11,13-15,17-21,25-27H2,1-2H3,(H,48,50)(H,51,54). The molecule has 0 spiro atoms. The molecule has 2 aliphatic heterocycles. The number of piperazine rings is 1. The van der Waals surface area contributed by atoms with Gasteiger partial charge in [0.2, 0.25) is 0 Å². The van der Waals surface area contributed by atoms with Crippen LogP contribution < -0.4 is 25.0 Å². The number of benzene rings is 3. The van der Waals surface area contributed by atoms with Gasteiger partial charge in [-0.05, 0) is 111 Å². The summed E-state index contributed by atoms with van der Waals surface area (Å²) >= 11 is 6.28. The molecule has 5 aromatic rings. The molecule has 3 aliphatic rings. The minimum Gasteiger partial charge on any atom is -0.455 e. The number of nitrogens with zero attached hydrogens (tertiary/aromatic N) is 3. The first-order valence-electron chi connectivity index (χ1n) is 20.8. The van der Waals surface area contributed by atoms with Crippen molar-refractivity contribution in [2.75, 3.05) is 56.7 Å². The lowest BCUT2D eigenvalue weighted by molar-refractivity contribution is -0.384. The number of carbonyl (C=O) groups excluding carboxylic acids is 1. The highest BCUT2D eigenvalue weighted by Gasteiger charge is 2.35. The highest BCUT2D eigenvalue weighted by molar-refractivity contribution is 7.90. The average Bonchev–Trinajstić information content (AvgIpc) is 3.75. The number of hydrogen-bond donors (Lipinski definition) is 4. The predicted molar refractivity (Wildman–Crippen MR) is 239 cm³/mol. The normalized spacial score (nSPS) is 20.0. The minimum absolute atomic E-state index is 0.0102. The van der Waals surface area contributed by atoms with E-state index in [1.807, 2.05) is 18.2 Å². The number of H-pyrrole nitrogens is 1. The van der Waals surface area contributed by atoms with Gasteiger partial charge >= 0.3 is 0 Å². The molecule has 2 fully saturated rings. The Kier molecular flexibility index (Phi) is 12.8. The molecule has 2 aromatic heterocycles. The number of methoxy groups -OCH3 is 1. The van der Waals surface area contributed by atoms with E-state index in [9.17, 15) is 23.3 Å². The summed E-state index contributed by atoms with van der Waals surface area (Å²) in [5.74, 6) is -0.265. The van der Waals surface area contributed by atoms with E-state index in [2.05, 4.69) is 49.3 Å². The lowest BCUT2D eigenvalue weighted by atomic mass is 9.77. The molecule has 8 rings (SSSR count). The minimum atomic E-state index is -4.59. The van der Waals surface area contributed by atoms with Gasteiger partial charge in [-0.25, -0.2) is 18.1 Å². The maximum Gasteiger partial charge on any atom is 0.293 e. The van der Waals surface area contributed by atoms with Crippen LogP contribution in [0.3, 0.4) is 0 Å². The summed E-state index contributed by atoms with van der Waals surface area (Å²) in [6.07, 6.45) is 8.16. The Hall–Kier alpha value is -5.52. The van der Waals surface area contributed by atoms with E-state index in [1.54, 1.807) is 37.6 Å². The second-order valence-electron chi connectivity index (χ2n) is 16.4. The number of nitro groups is 1. The smallest absolute Gasteiger partial charge is 0.293 e. The first kappa shape index (κ1) is 43.1. The van der Waals surface area contributed by atoms with Gasteiger partial charge in [0.15, 0.2) is 0 Å². The molecule has 4 N–H and O–H groups in total. The third kappa shape index (κ3) is 9.74. The number of anilines is 2. The Morgan fingerprint density at radius 1 is 1.10 bits per heavy atom. The van der Waals surface area contributed by atoms with Crippen molar-refractivity contribution < 1.29 is 32.3 Å². The third-order valence-corrected chi connectivity index (χ3v) is 13.8. The molecule has 3 aromatic carbocycles. The van der Waals surface area contributed by atoms with Crippen LogP contribution in [0.2, 0.25) is 5.02 Å². The Bertz CT molecular complexity index is 2600. The maximum atomic E-state index is 14.1. The summed E-state index contributed by atoms with van der Waals surface area (Å²) in [6.45, 7) is 5.94. The van der Waals surface area contributed by atoms with Gasteiger partial charge in [-0.3, -0.25) is 14.9 Å². The number of allylic oxidation sites excluding steroid dienone is 1. The lowest BCUT2D eigenvalue weighted by Gasteiger charge is -2.42. The van der Waals surface area contributed by atoms with E-state index in [0.717, 1.165) is 67.8 Å². The highest BCUT2D eigenvalue weighted by atomic mass is 35.5. The molecule has 0 saturated carbocycles. The summed E-state index contributed by atoms with van der Waals surface area (Å²) in [7, 11) is -2.82. The van der Waals surface area contributed by atoms with E-state index in [0.29, 0.717) is 49.3 Å². The number of pyridine rings is 1. The molecular weight excluding hydrogens is 834 g/mol. The zero-order valence-electron chi connectivity index (χ0n) is 34.6. The van der Waals surface area contributed by atoms with Gasteiger partial charge < -0.3 is 34.7 Å². The number of rotatable bonds is 14. The van der Waals surface area contributed by atoms with E-state index >= 15 is 0 Å². The highest BCUT2D eigenvalue weighted by Crippen LogP contribution is 2.43. The fourth-order valence-corrected chi connectivity index (χ4v) is 9.75. The van der Waals surface area contributed by atoms with Crippen molar-refractivity contribution in [1.29, 1.82) is 0 Å². The number of ether oxygens (including phenoxy) is 3. The zero-order valence-corrected chi connectivity index (χ0v) is 36.2. The van der Waals surface area contributed by atoms with Gasteiger partial charge in [-0.2, -0.15) is 0 Å². The second kappa shape index (κ2) is 18.4. The number of nitrogens with one attached hydrogen (secondary N) is 4. The van der Waals surface area contributed by atoms with Crippen LogP contribution in [0.15, 0.2) is 95.7 Å². The fourth-order valence-electron chi connectivity index (χ4n) is 8.63. The summed E-state index contributed by atoms with van der Waals surface area (Å²) in [5, 5.41) is 20.3. The SMILES string of the molecule is COC1(C)CCC(c2ccc(Cl)cc2)=C(CC2CNCCN2c2ccc(C(=O)NS(=O)(=O)c3ccc(NCC4CCOCC4)c([N+](=O)[O-])c3)c(Oc3cnc4[nH]ccc4c3)c2)C1. The predicted octanol–water partition coefficient (Wildman–Crippen LogP) is 8.09. The largest absolute Gasteiger partial charge is 0.455 e. The molecule has 1 aliphatic carbocycles. The number of aromatic nitrogens is 2. The molecule has 326 valence electrons. The third-order valence-electron chi connectivity index (χ3n) is 12.2. The van der Waals surface area contributed by atoms with Crippen molar-refractivity contribution in [3.05, 3.63) is 117 Å². The fraction of sp³-hybridized carbons (Fsp3) is 0.378. The topological polar surface area (TPSA) is 190 Å². The van der Waals surface area contributed by atoms with Crippen LogP contribution in [0.1, 0.15) is 61.4 Å². The average molecular weight is 884 g/mol. The van der Waals surface area contributed by atoms with Crippen molar-refractivity contribution in [1.82, 2.24) is 20.0 Å². The van der Waals surface area contributed by atoms with Crippen LogP contribution in [-0.4, -0.2) is 87.4 Å². The Morgan fingerprint density at radius 3 is 2.68 bits per heavy atom. The van der Waals surface area contributed by atoms with Crippen LogP contribution in [0.25, 0.3) is 16.6 Å². The molecule has 0 radical (unpaired) electrons. The summed E-state index contributed by atoms with van der Waals surface area (Å²) in [6, 6.07) is 20.2. The number of carbonyl (C=O) groups is 1. The summed E-state index contributed by atoms with van der Waals surface area (Å²) in [5.41, 5.74) is 4.56. The number of amides is 1. The van der Waals surface area contributed by atoms with Gasteiger partial charge in [0.05, 0.1) is 27.2 Å². The van der Waals surface area contributed by atoms with Gasteiger partial charge in [0.1, 0.15) is 22.8 Å². The Labute approximate surface area is 365 Å². The molecule has 0 bridgehead atoms. The number of halogens is 1. The molecule has 4 heterocycles. The van der Waals surface area contributed by atoms with E-state index in [1.165, 1.54) is 29.5 Å². The number of hydrogen-bond acceptors (Lipinski definition) is 12. The quantitative estimate of drug-likeness (QED) is 0.0621. The van der Waals surface area contributed by atoms with E-state index in [4.69, 9.17) is 25.8 Å². The van der Waals surface area contributed by atoms with Gasteiger partial charge in [0.25, 0.3) is 21.6 Å². The molecule has 62 heavy (non-hydrogen) atoms. The van der Waals surface area contributed by atoms with Crippen LogP contribution >= 0.6 is 11.6 Å². The van der Waals surface area contributed by atoms with E-state index < -0.39 is 31.4 Å². The number of nitro benzene ring substituents is 1. The van der Waals surface area contributed by atoms with Crippen LogP contribution in [0, 0.1) is 16.0 Å². The number of sulfonamides is 1. The molecule has 1 amide bonds. The first-order valence-corrected chi connectivity index (χ1v) is 22.7. The maximum absolute atomic E-state index is 14.1. The number of fused-ring (bicyclic) bond motifs is 1. The van der Waals surface area contributed by atoms with Crippen LogP contribution in [0.4, 0.5) is 17.1 Å². The molecule has 17 heteroatoms. The first-order chi connectivity index (χ1) is 29.9. The molecule has 2 unspecified atom stereocenters. The Balaban J connectivity index is 1.09. The monoisotopic (exact) mass is 883 g/mol. The zero-order chi connectivity index (χ0) is 43.4. The molecule has 15 nitrogen and oxygen atoms in total. The second-order valence-corrected chi connectivity index (χ2v) is 18.5. The van der Waals surface area contributed by atoms with Crippen molar-refractivity contribution in [2.45, 2.75) is 62.0 Å². The van der Waals surface area contributed by atoms with Crippen molar-refractivity contribution >= 4 is 61.2 Å². The summed E-state index contributed by atoms with van der Waals surface area (Å²) < 4.78 is 47.5. The van der Waals surface area contributed by atoms with Crippen LogP contribution in [0.5, 0.6) is 11.5 Å². The van der Waals surface area contributed by atoms with Gasteiger partial charge in [0, 0.05) is 87.0 Å². The van der Waals surface area contributed by atoms with Gasteiger partial charge in [-0.1, -0.05) is 29.3 Å². The summed E-state index contributed by atoms with van der Waals surface area (Å²) in [4.78, 5) is 34.9. The van der Waals surface area contributed by atoms with Crippen molar-refractivity contribution in [3.8, 4) is 11.5 Å². The van der Waals surface area contributed by atoms with Crippen molar-refractivity contribution in [3.63, 3.8) is 0 Å². The molecule has 2 atom stereocenters. The lowest BCUT2D eigenvalue weighted by Crippen LogP contribution is -2.52. The van der Waals surface area contributed by atoms with Crippen molar-refractivity contribution in [2.24, 2.45) is 5.92 Å². The van der Waals surface area contributed by atoms with E-state index in [-0.39, 0.29) is 34.6 Å². The molecule has 2 saturated heterocycles.